The number of benzene rings is 2. The van der Waals surface area contributed by atoms with Crippen LogP contribution in [-0.4, -0.2) is 19.2 Å². The van der Waals surface area contributed by atoms with Crippen molar-refractivity contribution in [2.75, 3.05) is 18.5 Å². The minimum atomic E-state index is -0.221. The molecular weight excluding hydrogens is 276 g/mol. The van der Waals surface area contributed by atoms with Gasteiger partial charge in [-0.25, -0.2) is 4.79 Å². The van der Waals surface area contributed by atoms with Crippen molar-refractivity contribution in [1.82, 2.24) is 5.32 Å². The Bertz CT molecular complexity index is 653. The zero-order valence-corrected chi connectivity index (χ0v) is 13.3. The van der Waals surface area contributed by atoms with Crippen LogP contribution in [0.4, 0.5) is 10.5 Å². The molecule has 0 saturated carbocycles. The van der Waals surface area contributed by atoms with Crippen molar-refractivity contribution in [1.29, 1.82) is 0 Å². The van der Waals surface area contributed by atoms with Crippen LogP contribution in [0.15, 0.2) is 42.5 Å². The number of ether oxygens (including phenoxy) is 1. The van der Waals surface area contributed by atoms with E-state index in [0.717, 1.165) is 28.1 Å². The van der Waals surface area contributed by atoms with E-state index in [2.05, 4.69) is 10.6 Å². The Hall–Kier alpha value is -2.49. The first kappa shape index (κ1) is 15.9. The van der Waals surface area contributed by atoms with E-state index < -0.39 is 0 Å². The van der Waals surface area contributed by atoms with E-state index in [1.807, 2.05) is 63.2 Å². The van der Waals surface area contributed by atoms with Crippen LogP contribution < -0.4 is 15.4 Å². The molecule has 4 nitrogen and oxygen atoms in total. The molecule has 2 amide bonds. The molecule has 116 valence electrons. The molecular formula is C18H22N2O2. The molecule has 0 aliphatic heterocycles. The molecule has 0 atom stereocenters. The molecule has 0 fully saturated rings. The standard InChI is InChI=1S/C18H22N2O2/c1-13-6-4-8-16(12-13)22-11-10-19-18(21)20-17-9-5-7-14(2)15(17)3/h4-9,12H,10-11H2,1-3H3,(H2,19,20,21). The van der Waals surface area contributed by atoms with Crippen LogP contribution >= 0.6 is 0 Å². The third-order valence-corrected chi connectivity index (χ3v) is 3.50. The lowest BCUT2D eigenvalue weighted by atomic mass is 10.1. The van der Waals surface area contributed by atoms with Gasteiger partial charge in [0.15, 0.2) is 0 Å². The van der Waals surface area contributed by atoms with E-state index in [9.17, 15) is 4.79 Å². The average Bonchev–Trinajstić information content (AvgIpc) is 2.49. The van der Waals surface area contributed by atoms with Crippen LogP contribution in [0.3, 0.4) is 0 Å². The molecule has 4 heteroatoms. The fraction of sp³-hybridized carbons (Fsp3) is 0.278. The van der Waals surface area contributed by atoms with Crippen molar-refractivity contribution in [3.63, 3.8) is 0 Å². The lowest BCUT2D eigenvalue weighted by molar-refractivity contribution is 0.247. The molecule has 2 aromatic rings. The maximum atomic E-state index is 11.9. The minimum absolute atomic E-state index is 0.221. The SMILES string of the molecule is Cc1cccc(OCCNC(=O)Nc2cccc(C)c2C)c1. The summed E-state index contributed by atoms with van der Waals surface area (Å²) in [4.78, 5) is 11.9. The number of anilines is 1. The Kier molecular flexibility index (Phi) is 5.42. The largest absolute Gasteiger partial charge is 0.492 e. The van der Waals surface area contributed by atoms with Gasteiger partial charge in [0.1, 0.15) is 12.4 Å². The summed E-state index contributed by atoms with van der Waals surface area (Å²) in [6.45, 7) is 6.91. The number of hydrogen-bond acceptors (Lipinski definition) is 2. The number of amides is 2. The predicted octanol–water partition coefficient (Wildman–Crippen LogP) is 3.81. The van der Waals surface area contributed by atoms with Crippen LogP contribution in [0.1, 0.15) is 16.7 Å². The zero-order chi connectivity index (χ0) is 15.9. The first-order valence-electron chi connectivity index (χ1n) is 7.37. The summed E-state index contributed by atoms with van der Waals surface area (Å²) in [5.74, 6) is 0.816. The lowest BCUT2D eigenvalue weighted by Gasteiger charge is -2.12. The molecule has 0 aliphatic rings. The second-order valence-corrected chi connectivity index (χ2v) is 5.29. The van der Waals surface area contributed by atoms with E-state index in [-0.39, 0.29) is 6.03 Å². The molecule has 0 radical (unpaired) electrons. The van der Waals surface area contributed by atoms with Gasteiger partial charge in [-0.2, -0.15) is 0 Å². The van der Waals surface area contributed by atoms with Gasteiger partial charge in [0.25, 0.3) is 0 Å². The van der Waals surface area contributed by atoms with E-state index in [1.54, 1.807) is 0 Å². The zero-order valence-electron chi connectivity index (χ0n) is 13.3. The molecule has 0 heterocycles. The van der Waals surface area contributed by atoms with E-state index in [4.69, 9.17) is 4.74 Å². The van der Waals surface area contributed by atoms with Gasteiger partial charge in [-0.15, -0.1) is 0 Å². The number of rotatable bonds is 5. The van der Waals surface area contributed by atoms with Crippen molar-refractivity contribution in [3.8, 4) is 5.75 Å². The number of carbonyl (C=O) groups excluding carboxylic acids is 1. The summed E-state index contributed by atoms with van der Waals surface area (Å²) in [5, 5.41) is 5.64. The summed E-state index contributed by atoms with van der Waals surface area (Å²) >= 11 is 0. The number of hydrogen-bond donors (Lipinski definition) is 2. The van der Waals surface area contributed by atoms with Crippen LogP contribution in [-0.2, 0) is 0 Å². The molecule has 0 spiro atoms. The second kappa shape index (κ2) is 7.50. The highest BCUT2D eigenvalue weighted by Crippen LogP contribution is 2.17. The van der Waals surface area contributed by atoms with Gasteiger partial charge in [-0.3, -0.25) is 0 Å². The number of nitrogens with one attached hydrogen (secondary N) is 2. The summed E-state index contributed by atoms with van der Waals surface area (Å²) < 4.78 is 5.59. The van der Waals surface area contributed by atoms with Crippen LogP contribution in [0, 0.1) is 20.8 Å². The molecule has 2 N–H and O–H groups in total. The molecule has 0 aromatic heterocycles. The Morgan fingerprint density at radius 1 is 1.09 bits per heavy atom. The van der Waals surface area contributed by atoms with Gasteiger partial charge in [0, 0.05) is 5.69 Å². The van der Waals surface area contributed by atoms with Crippen molar-refractivity contribution < 1.29 is 9.53 Å². The summed E-state index contributed by atoms with van der Waals surface area (Å²) in [6, 6.07) is 13.5. The number of urea groups is 1. The highest BCUT2D eigenvalue weighted by atomic mass is 16.5. The summed E-state index contributed by atoms with van der Waals surface area (Å²) in [7, 11) is 0. The van der Waals surface area contributed by atoms with Crippen molar-refractivity contribution in [2.24, 2.45) is 0 Å². The Labute approximate surface area is 131 Å². The first-order chi connectivity index (χ1) is 10.6. The van der Waals surface area contributed by atoms with Gasteiger partial charge < -0.3 is 15.4 Å². The van der Waals surface area contributed by atoms with Crippen LogP contribution in [0.5, 0.6) is 5.75 Å². The van der Waals surface area contributed by atoms with Crippen molar-refractivity contribution >= 4 is 11.7 Å². The molecule has 22 heavy (non-hydrogen) atoms. The maximum Gasteiger partial charge on any atom is 0.319 e. The third kappa shape index (κ3) is 4.52. The smallest absolute Gasteiger partial charge is 0.319 e. The molecule has 2 rings (SSSR count). The quantitative estimate of drug-likeness (QED) is 0.825. The van der Waals surface area contributed by atoms with E-state index in [0.29, 0.717) is 13.2 Å². The molecule has 0 unspecified atom stereocenters. The monoisotopic (exact) mass is 298 g/mol. The Morgan fingerprint density at radius 2 is 1.86 bits per heavy atom. The van der Waals surface area contributed by atoms with Gasteiger partial charge in [0.05, 0.1) is 6.54 Å². The first-order valence-corrected chi connectivity index (χ1v) is 7.37. The second-order valence-electron chi connectivity index (χ2n) is 5.29. The molecule has 0 saturated heterocycles. The van der Waals surface area contributed by atoms with Gasteiger partial charge in [-0.05, 0) is 55.7 Å². The predicted molar refractivity (Wildman–Crippen MR) is 89.6 cm³/mol. The van der Waals surface area contributed by atoms with Gasteiger partial charge >= 0.3 is 6.03 Å². The maximum absolute atomic E-state index is 11.9. The molecule has 0 aliphatic carbocycles. The summed E-state index contributed by atoms with van der Waals surface area (Å²) in [5.41, 5.74) is 4.21. The normalized spacial score (nSPS) is 10.1. The number of aryl methyl sites for hydroxylation is 2. The van der Waals surface area contributed by atoms with Crippen LogP contribution in [0.25, 0.3) is 0 Å². The van der Waals surface area contributed by atoms with Crippen molar-refractivity contribution in [3.05, 3.63) is 59.2 Å². The van der Waals surface area contributed by atoms with Crippen molar-refractivity contribution in [2.45, 2.75) is 20.8 Å². The summed E-state index contributed by atoms with van der Waals surface area (Å²) in [6.07, 6.45) is 0. The Morgan fingerprint density at radius 3 is 2.64 bits per heavy atom. The third-order valence-electron chi connectivity index (χ3n) is 3.50. The average molecular weight is 298 g/mol. The highest BCUT2D eigenvalue weighted by molar-refractivity contribution is 5.90. The Balaban J connectivity index is 1.75. The lowest BCUT2D eigenvalue weighted by Crippen LogP contribution is -2.32. The highest BCUT2D eigenvalue weighted by Gasteiger charge is 2.05. The van der Waals surface area contributed by atoms with Gasteiger partial charge in [0.2, 0.25) is 0 Å². The molecule has 0 bridgehead atoms. The fourth-order valence-corrected chi connectivity index (χ4v) is 2.09. The fourth-order valence-electron chi connectivity index (χ4n) is 2.09. The van der Waals surface area contributed by atoms with E-state index in [1.165, 1.54) is 0 Å². The minimum Gasteiger partial charge on any atom is -0.492 e. The topological polar surface area (TPSA) is 50.4 Å². The number of carbonyl (C=O) groups is 1. The van der Waals surface area contributed by atoms with Crippen LogP contribution in [0.2, 0.25) is 0 Å². The van der Waals surface area contributed by atoms with E-state index >= 15 is 0 Å². The molecule has 2 aromatic carbocycles. The van der Waals surface area contributed by atoms with Gasteiger partial charge in [-0.1, -0.05) is 24.3 Å².